The van der Waals surface area contributed by atoms with Gasteiger partial charge in [-0.3, -0.25) is 5.84 Å². The molecule has 4 N–H and O–H groups in total. The van der Waals surface area contributed by atoms with Gasteiger partial charge in [0.25, 0.3) is 0 Å². The van der Waals surface area contributed by atoms with Crippen molar-refractivity contribution in [3.05, 3.63) is 28.2 Å². The highest BCUT2D eigenvalue weighted by molar-refractivity contribution is 9.10. The predicted molar refractivity (Wildman–Crippen MR) is 54.2 cm³/mol. The number of nitrogens with zero attached hydrogens (tertiary/aromatic N) is 1. The van der Waals surface area contributed by atoms with Crippen molar-refractivity contribution in [2.75, 3.05) is 12.8 Å². The van der Waals surface area contributed by atoms with E-state index in [0.29, 0.717) is 6.54 Å². The third kappa shape index (κ3) is 2.48. The fourth-order valence-electron chi connectivity index (χ4n) is 0.960. The van der Waals surface area contributed by atoms with Gasteiger partial charge in [0.05, 0.1) is 0 Å². The lowest BCUT2D eigenvalue weighted by Gasteiger charge is -2.11. The van der Waals surface area contributed by atoms with Gasteiger partial charge in [-0.1, -0.05) is 22.0 Å². The minimum absolute atomic E-state index is 0.709. The fraction of sp³-hybridized carbons (Fsp3) is 0.250. The van der Waals surface area contributed by atoms with E-state index in [0.717, 1.165) is 15.7 Å². The minimum Gasteiger partial charge on any atom is -0.399 e. The molecule has 1 rings (SSSR count). The van der Waals surface area contributed by atoms with E-state index in [-0.39, 0.29) is 0 Å². The van der Waals surface area contributed by atoms with E-state index in [1.54, 1.807) is 5.01 Å². The second kappa shape index (κ2) is 3.89. The molecule has 0 aliphatic heterocycles. The Morgan fingerprint density at radius 3 is 2.67 bits per heavy atom. The van der Waals surface area contributed by atoms with Crippen LogP contribution in [0.2, 0.25) is 0 Å². The molecular weight excluding hydrogens is 218 g/mol. The summed E-state index contributed by atoms with van der Waals surface area (Å²) >= 11 is 3.41. The summed E-state index contributed by atoms with van der Waals surface area (Å²) in [4.78, 5) is 0. The lowest BCUT2D eigenvalue weighted by Crippen LogP contribution is -2.25. The van der Waals surface area contributed by atoms with Crippen molar-refractivity contribution < 1.29 is 0 Å². The zero-order valence-corrected chi connectivity index (χ0v) is 8.51. The Kier molecular flexibility index (Phi) is 3.08. The highest BCUT2D eigenvalue weighted by Crippen LogP contribution is 2.20. The van der Waals surface area contributed by atoms with Gasteiger partial charge in [0.15, 0.2) is 0 Å². The molecule has 0 heterocycles. The summed E-state index contributed by atoms with van der Waals surface area (Å²) in [6, 6.07) is 5.70. The Morgan fingerprint density at radius 1 is 1.50 bits per heavy atom. The number of rotatable bonds is 2. The molecule has 66 valence electrons. The normalized spacial score (nSPS) is 10.7. The number of anilines is 1. The molecule has 0 radical (unpaired) electrons. The first-order valence-electron chi connectivity index (χ1n) is 3.59. The van der Waals surface area contributed by atoms with Crippen molar-refractivity contribution in [1.82, 2.24) is 5.01 Å². The Hall–Kier alpha value is -0.580. The number of hydrogen-bond donors (Lipinski definition) is 2. The van der Waals surface area contributed by atoms with Gasteiger partial charge in [0.1, 0.15) is 0 Å². The van der Waals surface area contributed by atoms with Crippen LogP contribution in [-0.4, -0.2) is 12.1 Å². The molecule has 0 atom stereocenters. The second-order valence-corrected chi connectivity index (χ2v) is 3.62. The second-order valence-electron chi connectivity index (χ2n) is 2.77. The molecule has 0 aliphatic carbocycles. The molecule has 1 aromatic carbocycles. The molecule has 0 unspecified atom stereocenters. The van der Waals surface area contributed by atoms with E-state index in [4.69, 9.17) is 11.6 Å². The maximum Gasteiger partial charge on any atom is 0.0387 e. The smallest absolute Gasteiger partial charge is 0.0387 e. The van der Waals surface area contributed by atoms with Crippen LogP contribution in [-0.2, 0) is 6.54 Å². The molecule has 0 amide bonds. The first kappa shape index (κ1) is 9.51. The van der Waals surface area contributed by atoms with Crippen LogP contribution < -0.4 is 11.6 Å². The number of nitrogen functional groups attached to an aromatic ring is 1. The number of hydrogen-bond acceptors (Lipinski definition) is 3. The van der Waals surface area contributed by atoms with Crippen molar-refractivity contribution in [3.8, 4) is 0 Å². The summed E-state index contributed by atoms with van der Waals surface area (Å²) in [5, 5.41) is 1.62. The zero-order chi connectivity index (χ0) is 9.14. The maximum atomic E-state index is 5.58. The monoisotopic (exact) mass is 229 g/mol. The van der Waals surface area contributed by atoms with E-state index in [9.17, 15) is 0 Å². The van der Waals surface area contributed by atoms with Gasteiger partial charge in [-0.05, 0) is 17.7 Å². The van der Waals surface area contributed by atoms with E-state index in [1.165, 1.54) is 0 Å². The highest BCUT2D eigenvalue weighted by Gasteiger charge is 2.00. The van der Waals surface area contributed by atoms with E-state index < -0.39 is 0 Å². The summed E-state index contributed by atoms with van der Waals surface area (Å²) in [6.45, 7) is 0.709. The van der Waals surface area contributed by atoms with Crippen LogP contribution in [0.4, 0.5) is 5.69 Å². The summed E-state index contributed by atoms with van der Waals surface area (Å²) in [5.74, 6) is 5.51. The molecule has 0 aromatic heterocycles. The molecule has 0 aliphatic rings. The van der Waals surface area contributed by atoms with Crippen LogP contribution in [0.15, 0.2) is 22.7 Å². The van der Waals surface area contributed by atoms with Crippen molar-refractivity contribution >= 4 is 21.6 Å². The first-order valence-corrected chi connectivity index (χ1v) is 4.38. The van der Waals surface area contributed by atoms with Crippen molar-refractivity contribution in [2.45, 2.75) is 6.54 Å². The standard InChI is InChI=1S/C8H12BrN3/c1-12(11)5-6-2-3-7(10)4-8(6)9/h2-4H,5,10-11H2,1H3. The average molecular weight is 230 g/mol. The van der Waals surface area contributed by atoms with Gasteiger partial charge in [0.2, 0.25) is 0 Å². The molecule has 0 spiro atoms. The molecule has 0 saturated heterocycles. The fourth-order valence-corrected chi connectivity index (χ4v) is 1.48. The average Bonchev–Trinajstić information content (AvgIpc) is 1.94. The third-order valence-electron chi connectivity index (χ3n) is 1.50. The molecule has 0 bridgehead atoms. The van der Waals surface area contributed by atoms with E-state index in [1.807, 2.05) is 25.2 Å². The minimum atomic E-state index is 0.709. The van der Waals surface area contributed by atoms with E-state index >= 15 is 0 Å². The van der Waals surface area contributed by atoms with Crippen molar-refractivity contribution in [1.29, 1.82) is 0 Å². The van der Waals surface area contributed by atoms with Crippen LogP contribution in [0.5, 0.6) is 0 Å². The van der Waals surface area contributed by atoms with Crippen LogP contribution in [0, 0.1) is 0 Å². The lowest BCUT2D eigenvalue weighted by molar-refractivity contribution is 0.341. The van der Waals surface area contributed by atoms with Gasteiger partial charge in [-0.25, -0.2) is 5.01 Å². The molecule has 0 fully saturated rings. The molecular formula is C8H12BrN3. The van der Waals surface area contributed by atoms with Crippen molar-refractivity contribution in [2.24, 2.45) is 5.84 Å². The molecule has 4 heteroatoms. The number of hydrazine groups is 1. The largest absolute Gasteiger partial charge is 0.399 e. The number of nitrogens with two attached hydrogens (primary N) is 2. The SMILES string of the molecule is CN(N)Cc1ccc(N)cc1Br. The number of benzene rings is 1. The summed E-state index contributed by atoms with van der Waals surface area (Å²) < 4.78 is 1.000. The van der Waals surface area contributed by atoms with E-state index in [2.05, 4.69) is 15.9 Å². The number of halogens is 1. The van der Waals surface area contributed by atoms with Crippen LogP contribution >= 0.6 is 15.9 Å². The Morgan fingerprint density at radius 2 is 2.17 bits per heavy atom. The van der Waals surface area contributed by atoms with Gasteiger partial charge >= 0.3 is 0 Å². The Bertz CT molecular complexity index is 273. The van der Waals surface area contributed by atoms with Gasteiger partial charge in [-0.2, -0.15) is 0 Å². The maximum absolute atomic E-state index is 5.58. The predicted octanol–water partition coefficient (Wildman–Crippen LogP) is 1.34. The molecule has 0 saturated carbocycles. The van der Waals surface area contributed by atoms with Gasteiger partial charge in [-0.15, -0.1) is 0 Å². The highest BCUT2D eigenvalue weighted by atomic mass is 79.9. The Labute approximate surface area is 80.4 Å². The summed E-state index contributed by atoms with van der Waals surface area (Å²) in [7, 11) is 1.82. The van der Waals surface area contributed by atoms with Gasteiger partial charge < -0.3 is 5.73 Å². The summed E-state index contributed by atoms with van der Waals surface area (Å²) in [6.07, 6.45) is 0. The van der Waals surface area contributed by atoms with Crippen LogP contribution in [0.3, 0.4) is 0 Å². The van der Waals surface area contributed by atoms with Crippen LogP contribution in [0.1, 0.15) is 5.56 Å². The molecule has 1 aromatic rings. The zero-order valence-electron chi connectivity index (χ0n) is 6.92. The molecule has 12 heavy (non-hydrogen) atoms. The quantitative estimate of drug-likeness (QED) is 0.458. The van der Waals surface area contributed by atoms with Crippen LogP contribution in [0.25, 0.3) is 0 Å². The molecule has 3 nitrogen and oxygen atoms in total. The third-order valence-corrected chi connectivity index (χ3v) is 2.24. The van der Waals surface area contributed by atoms with Gasteiger partial charge in [0, 0.05) is 23.8 Å². The first-order chi connectivity index (χ1) is 5.59. The summed E-state index contributed by atoms with van der Waals surface area (Å²) in [5.41, 5.74) is 7.47. The van der Waals surface area contributed by atoms with Crippen molar-refractivity contribution in [3.63, 3.8) is 0 Å². The Balaban J connectivity index is 2.86. The topological polar surface area (TPSA) is 55.3 Å². The lowest BCUT2D eigenvalue weighted by atomic mass is 10.2.